The minimum Gasteiger partial charge on any atom is -0.489 e. The van der Waals surface area contributed by atoms with E-state index in [9.17, 15) is 4.79 Å². The van der Waals surface area contributed by atoms with Gasteiger partial charge >= 0.3 is 0 Å². The average molecular weight is 588 g/mol. The quantitative estimate of drug-likeness (QED) is 0.130. The highest BCUT2D eigenvalue weighted by atomic mass is 32.2. The molecule has 0 atom stereocenters. The van der Waals surface area contributed by atoms with Gasteiger partial charge in [0.15, 0.2) is 0 Å². The van der Waals surface area contributed by atoms with Gasteiger partial charge in [0.2, 0.25) is 0 Å². The van der Waals surface area contributed by atoms with Gasteiger partial charge in [-0.25, -0.2) is 4.68 Å². The van der Waals surface area contributed by atoms with E-state index in [4.69, 9.17) is 22.1 Å². The topological polar surface area (TPSA) is 47.4 Å². The van der Waals surface area contributed by atoms with Crippen LogP contribution in [0.4, 0.5) is 0 Å². The largest absolute Gasteiger partial charge is 0.489 e. The molecule has 0 unspecified atom stereocenters. The molecule has 5 nitrogen and oxygen atoms in total. The number of carbonyl (C=O) groups excluding carboxylic acids is 1. The summed E-state index contributed by atoms with van der Waals surface area (Å²) in [5, 5.41) is 4.95. The van der Waals surface area contributed by atoms with Crippen LogP contribution in [0.1, 0.15) is 22.3 Å². The molecule has 0 N–H and O–H groups in total. The molecular weight excluding hydrogens is 559 g/mol. The molecule has 2 heterocycles. The number of carbonyl (C=O) groups is 1. The first-order valence-electron chi connectivity index (χ1n) is 13.8. The van der Waals surface area contributed by atoms with E-state index in [2.05, 4.69) is 43.3 Å². The predicted molar refractivity (Wildman–Crippen MR) is 175 cm³/mol. The van der Waals surface area contributed by atoms with Crippen molar-refractivity contribution in [3.05, 3.63) is 143 Å². The number of hydrogen-bond donors (Lipinski definition) is 0. The highest BCUT2D eigenvalue weighted by Crippen LogP contribution is 2.35. The Bertz CT molecular complexity index is 1750. The summed E-state index contributed by atoms with van der Waals surface area (Å²) in [6.07, 6.45) is 4.61. The molecular formula is C35H29N3O2S2. The van der Waals surface area contributed by atoms with E-state index in [1.165, 1.54) is 22.9 Å². The maximum atomic E-state index is 13.5. The SMILES string of the molecule is Cc1ccc(COc2cccc(-c3nn(-c4ccccc4)cc3C=C3SC(=S)N(CCc4ccccc4)C3=O)c2)cc1. The van der Waals surface area contributed by atoms with Crippen LogP contribution in [0.2, 0.25) is 0 Å². The minimum atomic E-state index is -0.0745. The van der Waals surface area contributed by atoms with E-state index in [1.807, 2.05) is 89.8 Å². The molecule has 1 aromatic heterocycles. The normalized spacial score (nSPS) is 14.1. The third-order valence-corrected chi connectivity index (χ3v) is 8.40. The molecule has 0 aliphatic carbocycles. The molecule has 1 aliphatic heterocycles. The summed E-state index contributed by atoms with van der Waals surface area (Å²) in [5.41, 5.74) is 6.92. The lowest BCUT2D eigenvalue weighted by Gasteiger charge is -2.14. The van der Waals surface area contributed by atoms with E-state index in [-0.39, 0.29) is 5.91 Å². The van der Waals surface area contributed by atoms with Crippen molar-refractivity contribution >= 4 is 40.3 Å². The summed E-state index contributed by atoms with van der Waals surface area (Å²) in [6, 6.07) is 36.3. The number of benzene rings is 4. The van der Waals surface area contributed by atoms with Crippen molar-refractivity contribution in [2.45, 2.75) is 20.0 Å². The highest BCUT2D eigenvalue weighted by molar-refractivity contribution is 8.26. The molecule has 7 heteroatoms. The van der Waals surface area contributed by atoms with Gasteiger partial charge in [0.05, 0.1) is 10.6 Å². The molecule has 208 valence electrons. The molecule has 4 aromatic carbocycles. The number of aromatic nitrogens is 2. The summed E-state index contributed by atoms with van der Waals surface area (Å²) >= 11 is 6.96. The van der Waals surface area contributed by atoms with Crippen LogP contribution in [0.15, 0.2) is 120 Å². The van der Waals surface area contributed by atoms with Crippen LogP contribution in [-0.4, -0.2) is 31.5 Å². The Morgan fingerprint density at radius 2 is 1.62 bits per heavy atom. The molecule has 0 radical (unpaired) electrons. The second kappa shape index (κ2) is 12.6. The number of ether oxygens (including phenoxy) is 1. The van der Waals surface area contributed by atoms with Gasteiger partial charge < -0.3 is 4.74 Å². The lowest BCUT2D eigenvalue weighted by atomic mass is 10.1. The van der Waals surface area contributed by atoms with Crippen molar-refractivity contribution in [2.75, 3.05) is 6.54 Å². The van der Waals surface area contributed by atoms with Crippen molar-refractivity contribution in [2.24, 2.45) is 0 Å². The zero-order valence-electron chi connectivity index (χ0n) is 23.1. The van der Waals surface area contributed by atoms with Gasteiger partial charge in [-0.1, -0.05) is 114 Å². The van der Waals surface area contributed by atoms with Gasteiger partial charge in [-0.15, -0.1) is 0 Å². The third-order valence-electron chi connectivity index (χ3n) is 7.02. The van der Waals surface area contributed by atoms with E-state index in [0.29, 0.717) is 22.4 Å². The number of amides is 1. The van der Waals surface area contributed by atoms with Gasteiger partial charge in [0.1, 0.15) is 22.4 Å². The van der Waals surface area contributed by atoms with Gasteiger partial charge in [-0.05, 0) is 54.8 Å². The molecule has 1 saturated heterocycles. The molecule has 0 saturated carbocycles. The minimum absolute atomic E-state index is 0.0745. The first-order valence-corrected chi connectivity index (χ1v) is 15.0. The fraction of sp³-hybridized carbons (Fsp3) is 0.114. The Morgan fingerprint density at radius 1 is 0.881 bits per heavy atom. The lowest BCUT2D eigenvalue weighted by Crippen LogP contribution is -2.30. The van der Waals surface area contributed by atoms with Crippen LogP contribution in [0.25, 0.3) is 23.0 Å². The summed E-state index contributed by atoms with van der Waals surface area (Å²) in [7, 11) is 0. The van der Waals surface area contributed by atoms with Crippen LogP contribution in [-0.2, 0) is 17.8 Å². The number of para-hydroxylation sites is 1. The summed E-state index contributed by atoms with van der Waals surface area (Å²) in [4.78, 5) is 15.7. The monoisotopic (exact) mass is 587 g/mol. The standard InChI is InChI=1S/C35H29N3O2S2/c1-25-15-17-27(18-16-25)24-40-31-14-8-11-28(21-31)33-29(23-38(36-33)30-12-6-3-7-13-30)22-32-34(39)37(35(41)42-32)20-19-26-9-4-2-5-10-26/h2-18,21-23H,19-20,24H2,1H3. The Hall–Kier alpha value is -4.46. The fourth-order valence-corrected chi connectivity index (χ4v) is 6.03. The molecule has 6 rings (SSSR count). The Labute approximate surface area is 255 Å². The molecule has 42 heavy (non-hydrogen) atoms. The number of thioether (sulfide) groups is 1. The van der Waals surface area contributed by atoms with Crippen LogP contribution in [0, 0.1) is 6.92 Å². The second-order valence-electron chi connectivity index (χ2n) is 10.1. The van der Waals surface area contributed by atoms with E-state index >= 15 is 0 Å². The van der Waals surface area contributed by atoms with Gasteiger partial charge in [0, 0.05) is 23.9 Å². The number of aryl methyl sites for hydroxylation is 1. The average Bonchev–Trinajstić information content (AvgIpc) is 3.56. The number of nitrogens with zero attached hydrogens (tertiary/aromatic N) is 3. The zero-order chi connectivity index (χ0) is 28.9. The van der Waals surface area contributed by atoms with Crippen molar-refractivity contribution in [1.29, 1.82) is 0 Å². The van der Waals surface area contributed by atoms with Crippen LogP contribution >= 0.6 is 24.0 Å². The molecule has 0 bridgehead atoms. The first kappa shape index (κ1) is 27.7. The Morgan fingerprint density at radius 3 is 2.38 bits per heavy atom. The van der Waals surface area contributed by atoms with Crippen molar-refractivity contribution in [3.63, 3.8) is 0 Å². The van der Waals surface area contributed by atoms with Crippen molar-refractivity contribution in [3.8, 4) is 22.7 Å². The van der Waals surface area contributed by atoms with E-state index in [1.54, 1.807) is 4.90 Å². The molecule has 5 aromatic rings. The van der Waals surface area contributed by atoms with E-state index < -0.39 is 0 Å². The molecule has 1 aliphatic rings. The van der Waals surface area contributed by atoms with Gasteiger partial charge in [-0.3, -0.25) is 9.69 Å². The maximum Gasteiger partial charge on any atom is 0.266 e. The summed E-state index contributed by atoms with van der Waals surface area (Å²) in [6.45, 7) is 3.09. The smallest absolute Gasteiger partial charge is 0.266 e. The first-order chi connectivity index (χ1) is 20.5. The third kappa shape index (κ3) is 6.38. The van der Waals surface area contributed by atoms with Gasteiger partial charge in [-0.2, -0.15) is 5.10 Å². The number of thiocarbonyl (C=S) groups is 1. The summed E-state index contributed by atoms with van der Waals surface area (Å²) in [5.74, 6) is 0.676. The number of hydrogen-bond acceptors (Lipinski definition) is 5. The van der Waals surface area contributed by atoms with Gasteiger partial charge in [0.25, 0.3) is 5.91 Å². The molecule has 0 spiro atoms. The van der Waals surface area contributed by atoms with Crippen LogP contribution in [0.3, 0.4) is 0 Å². The predicted octanol–water partition coefficient (Wildman–Crippen LogP) is 7.87. The molecule has 1 fully saturated rings. The summed E-state index contributed by atoms with van der Waals surface area (Å²) < 4.78 is 8.55. The van der Waals surface area contributed by atoms with Crippen LogP contribution < -0.4 is 4.74 Å². The van der Waals surface area contributed by atoms with E-state index in [0.717, 1.165) is 40.2 Å². The lowest BCUT2D eigenvalue weighted by molar-refractivity contribution is -0.122. The van der Waals surface area contributed by atoms with Crippen molar-refractivity contribution in [1.82, 2.24) is 14.7 Å². The number of rotatable bonds is 9. The second-order valence-corrected chi connectivity index (χ2v) is 11.8. The Balaban J connectivity index is 1.29. The fourth-order valence-electron chi connectivity index (χ4n) is 4.73. The van der Waals surface area contributed by atoms with Crippen LogP contribution in [0.5, 0.6) is 5.75 Å². The zero-order valence-corrected chi connectivity index (χ0v) is 24.8. The highest BCUT2D eigenvalue weighted by Gasteiger charge is 2.32. The maximum absolute atomic E-state index is 13.5. The Kier molecular flexibility index (Phi) is 8.30. The molecule has 1 amide bonds. The van der Waals surface area contributed by atoms with Crippen molar-refractivity contribution < 1.29 is 9.53 Å².